The van der Waals surface area contributed by atoms with Crippen LogP contribution < -0.4 is 5.32 Å². The van der Waals surface area contributed by atoms with Crippen molar-refractivity contribution >= 4 is 17.4 Å². The fraction of sp³-hybridized carbons (Fsp3) is 0.455. The average Bonchev–Trinajstić information content (AvgIpc) is 2.70. The van der Waals surface area contributed by atoms with Gasteiger partial charge in [-0.15, -0.1) is 0 Å². The third-order valence-corrected chi connectivity index (χ3v) is 3.65. The molecule has 0 amide bonds. The van der Waals surface area contributed by atoms with E-state index in [4.69, 9.17) is 0 Å². The van der Waals surface area contributed by atoms with Gasteiger partial charge in [-0.25, -0.2) is 0 Å². The Balaban J connectivity index is 2.09. The van der Waals surface area contributed by atoms with Gasteiger partial charge in [0.05, 0.1) is 5.56 Å². The fourth-order valence-electron chi connectivity index (χ4n) is 1.67. The summed E-state index contributed by atoms with van der Waals surface area (Å²) in [7, 11) is 0. The van der Waals surface area contributed by atoms with Gasteiger partial charge < -0.3 is 5.32 Å². The second-order valence-corrected chi connectivity index (χ2v) is 4.93. The number of hydrogen-bond acceptors (Lipinski definition) is 2. The Morgan fingerprint density at radius 3 is 2.75 bits per heavy atom. The molecule has 1 heterocycles. The zero-order valence-corrected chi connectivity index (χ0v) is 9.37. The Morgan fingerprint density at radius 2 is 2.12 bits per heavy atom. The summed E-state index contributed by atoms with van der Waals surface area (Å²) in [5, 5.41) is 3.13. The first kappa shape index (κ1) is 11.6. The van der Waals surface area contributed by atoms with Crippen LogP contribution >= 0.6 is 11.8 Å². The molecule has 0 radical (unpaired) electrons. The molecule has 1 unspecified atom stereocenters. The van der Waals surface area contributed by atoms with Crippen molar-refractivity contribution in [2.45, 2.75) is 18.6 Å². The van der Waals surface area contributed by atoms with Gasteiger partial charge in [-0.3, -0.25) is 0 Å². The van der Waals surface area contributed by atoms with Crippen molar-refractivity contribution in [3.05, 3.63) is 29.8 Å². The summed E-state index contributed by atoms with van der Waals surface area (Å²) in [6.45, 7) is 0. The first-order valence-electron chi connectivity index (χ1n) is 5.07. The summed E-state index contributed by atoms with van der Waals surface area (Å²) < 4.78 is 37.3. The lowest BCUT2D eigenvalue weighted by atomic mass is 10.1. The molecule has 0 aromatic heterocycles. The van der Waals surface area contributed by atoms with Gasteiger partial charge in [0.25, 0.3) is 0 Å². The second-order valence-electron chi connectivity index (χ2n) is 3.78. The van der Waals surface area contributed by atoms with Crippen LogP contribution in [0, 0.1) is 0 Å². The van der Waals surface area contributed by atoms with E-state index in [1.807, 2.05) is 11.8 Å². The van der Waals surface area contributed by atoms with Crippen LogP contribution in [0.25, 0.3) is 0 Å². The molecular weight excluding hydrogens is 235 g/mol. The summed E-state index contributed by atoms with van der Waals surface area (Å²) in [5.41, 5.74) is -0.0366. The molecule has 1 nitrogen and oxygen atoms in total. The van der Waals surface area contributed by atoms with Gasteiger partial charge >= 0.3 is 6.18 Å². The van der Waals surface area contributed by atoms with Crippen LogP contribution in [0.15, 0.2) is 24.3 Å². The van der Waals surface area contributed by atoms with Crippen LogP contribution in [-0.4, -0.2) is 17.5 Å². The third-order valence-electron chi connectivity index (χ3n) is 2.49. The summed E-state index contributed by atoms with van der Waals surface area (Å²) >= 11 is 1.83. The maximum atomic E-state index is 12.4. The van der Waals surface area contributed by atoms with E-state index < -0.39 is 11.7 Å². The Hall–Kier alpha value is -0.840. The Kier molecular flexibility index (Phi) is 3.33. The van der Waals surface area contributed by atoms with Crippen LogP contribution in [0.5, 0.6) is 0 Å². The highest BCUT2D eigenvalue weighted by molar-refractivity contribution is 7.99. The van der Waals surface area contributed by atoms with Crippen molar-refractivity contribution in [3.63, 3.8) is 0 Å². The maximum absolute atomic E-state index is 12.4. The molecule has 16 heavy (non-hydrogen) atoms. The lowest BCUT2D eigenvalue weighted by molar-refractivity contribution is -0.137. The Bertz CT molecular complexity index is 358. The zero-order chi connectivity index (χ0) is 11.6. The number of anilines is 1. The van der Waals surface area contributed by atoms with E-state index in [0.717, 1.165) is 24.0 Å². The molecule has 0 aliphatic carbocycles. The molecule has 1 aromatic carbocycles. The summed E-state index contributed by atoms with van der Waals surface area (Å²) in [5.74, 6) is 2.05. The highest BCUT2D eigenvalue weighted by Gasteiger charge is 2.30. The summed E-state index contributed by atoms with van der Waals surface area (Å²) in [6, 6.07) is 5.68. The molecule has 5 heteroatoms. The average molecular weight is 247 g/mol. The molecule has 1 aliphatic heterocycles. The molecule has 2 rings (SSSR count). The topological polar surface area (TPSA) is 12.0 Å². The predicted octanol–water partition coefficient (Wildman–Crippen LogP) is 3.62. The minimum absolute atomic E-state index is 0.300. The predicted molar refractivity (Wildman–Crippen MR) is 60.8 cm³/mol. The Labute approximate surface area is 96.4 Å². The molecule has 0 saturated carbocycles. The highest BCUT2D eigenvalue weighted by atomic mass is 32.2. The van der Waals surface area contributed by atoms with Crippen molar-refractivity contribution in [3.8, 4) is 0 Å². The maximum Gasteiger partial charge on any atom is 0.416 e. The minimum Gasteiger partial charge on any atom is -0.381 e. The number of thioether (sulfide) groups is 1. The van der Waals surface area contributed by atoms with Crippen LogP contribution in [0.2, 0.25) is 0 Å². The lowest BCUT2D eigenvalue weighted by Crippen LogP contribution is -2.18. The summed E-state index contributed by atoms with van der Waals surface area (Å²) in [4.78, 5) is 0. The standard InChI is InChI=1S/C11H12F3NS/c12-11(13,14)8-2-1-3-9(6-8)15-10-4-5-16-7-10/h1-3,6,10,15H,4-5,7H2. The van der Waals surface area contributed by atoms with Gasteiger partial charge in [0.2, 0.25) is 0 Å². The van der Waals surface area contributed by atoms with Crippen molar-refractivity contribution in [2.75, 3.05) is 16.8 Å². The Morgan fingerprint density at radius 1 is 1.31 bits per heavy atom. The molecule has 88 valence electrons. The normalized spacial score (nSPS) is 21.1. The second kappa shape index (κ2) is 4.57. The van der Waals surface area contributed by atoms with E-state index in [1.165, 1.54) is 12.1 Å². The van der Waals surface area contributed by atoms with E-state index in [9.17, 15) is 13.2 Å². The minimum atomic E-state index is -4.26. The third kappa shape index (κ3) is 2.84. The number of nitrogens with one attached hydrogen (secondary N) is 1. The molecule has 1 atom stereocenters. The van der Waals surface area contributed by atoms with E-state index in [1.54, 1.807) is 6.07 Å². The number of halogens is 3. The molecule has 1 N–H and O–H groups in total. The number of rotatable bonds is 2. The van der Waals surface area contributed by atoms with Gasteiger partial charge in [0.1, 0.15) is 0 Å². The van der Waals surface area contributed by atoms with Gasteiger partial charge in [0.15, 0.2) is 0 Å². The molecular formula is C11H12F3NS. The van der Waals surface area contributed by atoms with Crippen LogP contribution in [0.1, 0.15) is 12.0 Å². The fourth-order valence-corrected chi connectivity index (χ4v) is 2.82. The van der Waals surface area contributed by atoms with Gasteiger partial charge in [-0.2, -0.15) is 24.9 Å². The number of hydrogen-bond donors (Lipinski definition) is 1. The molecule has 1 aliphatic rings. The van der Waals surface area contributed by atoms with E-state index >= 15 is 0 Å². The highest BCUT2D eigenvalue weighted by Crippen LogP contribution is 2.31. The quantitative estimate of drug-likeness (QED) is 0.856. The lowest BCUT2D eigenvalue weighted by Gasteiger charge is -2.14. The smallest absolute Gasteiger partial charge is 0.381 e. The van der Waals surface area contributed by atoms with Crippen LogP contribution in [0.4, 0.5) is 18.9 Å². The van der Waals surface area contributed by atoms with E-state index in [-0.39, 0.29) is 0 Å². The number of benzene rings is 1. The molecule has 0 spiro atoms. The molecule has 1 aromatic rings. The van der Waals surface area contributed by atoms with Gasteiger partial charge in [-0.1, -0.05) is 6.07 Å². The zero-order valence-electron chi connectivity index (χ0n) is 8.55. The van der Waals surface area contributed by atoms with Crippen molar-refractivity contribution in [1.29, 1.82) is 0 Å². The van der Waals surface area contributed by atoms with E-state index in [0.29, 0.717) is 11.7 Å². The SMILES string of the molecule is FC(F)(F)c1cccc(NC2CCSC2)c1. The number of alkyl halides is 3. The van der Waals surface area contributed by atoms with Crippen molar-refractivity contribution in [2.24, 2.45) is 0 Å². The molecule has 0 bridgehead atoms. The summed E-state index contributed by atoms with van der Waals surface area (Å²) in [6.07, 6.45) is -3.25. The largest absolute Gasteiger partial charge is 0.416 e. The molecule has 1 saturated heterocycles. The van der Waals surface area contributed by atoms with Crippen LogP contribution in [0.3, 0.4) is 0 Å². The van der Waals surface area contributed by atoms with Gasteiger partial charge in [-0.05, 0) is 30.4 Å². The van der Waals surface area contributed by atoms with Gasteiger partial charge in [0, 0.05) is 17.5 Å². The van der Waals surface area contributed by atoms with Crippen LogP contribution in [-0.2, 0) is 6.18 Å². The van der Waals surface area contributed by atoms with E-state index in [2.05, 4.69) is 5.32 Å². The first-order chi connectivity index (χ1) is 7.55. The van der Waals surface area contributed by atoms with Crippen molar-refractivity contribution in [1.82, 2.24) is 0 Å². The monoisotopic (exact) mass is 247 g/mol. The van der Waals surface area contributed by atoms with Crippen molar-refractivity contribution < 1.29 is 13.2 Å². The first-order valence-corrected chi connectivity index (χ1v) is 6.23. The molecule has 1 fully saturated rings.